The van der Waals surface area contributed by atoms with Gasteiger partial charge in [0.25, 0.3) is 0 Å². The van der Waals surface area contributed by atoms with Crippen LogP contribution >= 0.6 is 0 Å². The Hall–Kier alpha value is -0.810. The summed E-state index contributed by atoms with van der Waals surface area (Å²) in [4.78, 5) is 0. The molecule has 1 rings (SSSR count). The largest absolute Gasteiger partial charge is 0.447 e. The van der Waals surface area contributed by atoms with Crippen LogP contribution in [0.3, 0.4) is 0 Å². The first-order valence-electron chi connectivity index (χ1n) is 4.10. The molecule has 1 heterocycles. The van der Waals surface area contributed by atoms with Gasteiger partial charge in [-0.2, -0.15) is 8.42 Å². The fourth-order valence-electron chi connectivity index (χ4n) is 0.982. The smallest absolute Gasteiger partial charge is 0.328 e. The normalized spacial score (nSPS) is 11.8. The van der Waals surface area contributed by atoms with Crippen molar-refractivity contribution in [3.63, 3.8) is 0 Å². The molecule has 5 heteroatoms. The van der Waals surface area contributed by atoms with E-state index < -0.39 is 10.1 Å². The molecule has 1 aromatic rings. The maximum absolute atomic E-state index is 10.6. The quantitative estimate of drug-likeness (QED) is 0.760. The maximum atomic E-state index is 10.6. The lowest BCUT2D eigenvalue weighted by molar-refractivity contribution is 0.382. The van der Waals surface area contributed by atoms with E-state index in [0.29, 0.717) is 12.2 Å². The Morgan fingerprint density at radius 1 is 1.46 bits per heavy atom. The molecule has 4 nitrogen and oxygen atoms in total. The number of rotatable bonds is 4. The molecule has 0 radical (unpaired) electrons. The van der Waals surface area contributed by atoms with E-state index in [4.69, 9.17) is 8.97 Å². The average molecular weight is 204 g/mol. The third-order valence-corrected chi connectivity index (χ3v) is 2.40. The Kier molecular flexibility index (Phi) is 3.11. The fraction of sp³-hybridized carbons (Fsp3) is 0.500. The molecule has 0 atom stereocenters. The molecule has 0 bridgehead atoms. The Bertz CT molecular complexity index is 363. The predicted octanol–water partition coefficient (Wildman–Crippen LogP) is 1.87. The van der Waals surface area contributed by atoms with Gasteiger partial charge in [0.2, 0.25) is 5.09 Å². The minimum absolute atomic E-state index is 0.376. The molecule has 74 valence electrons. The SMILES string of the molecule is CCCCc1ccc(S(=O)(=O)O)o1. The molecule has 0 saturated heterocycles. The number of aryl methyl sites for hydroxylation is 1. The molecule has 13 heavy (non-hydrogen) atoms. The van der Waals surface area contributed by atoms with Crippen molar-refractivity contribution in [2.45, 2.75) is 31.3 Å². The van der Waals surface area contributed by atoms with Gasteiger partial charge in [0, 0.05) is 6.42 Å². The first-order valence-corrected chi connectivity index (χ1v) is 5.54. The summed E-state index contributed by atoms with van der Waals surface area (Å²) < 4.78 is 34.7. The van der Waals surface area contributed by atoms with Crippen LogP contribution in [0.2, 0.25) is 0 Å². The highest BCUT2D eigenvalue weighted by molar-refractivity contribution is 7.85. The zero-order valence-electron chi connectivity index (χ0n) is 7.36. The summed E-state index contributed by atoms with van der Waals surface area (Å²) >= 11 is 0. The van der Waals surface area contributed by atoms with Crippen LogP contribution in [-0.2, 0) is 16.5 Å². The van der Waals surface area contributed by atoms with Gasteiger partial charge >= 0.3 is 10.1 Å². The third kappa shape index (κ3) is 2.86. The summed E-state index contributed by atoms with van der Waals surface area (Å²) in [5, 5.41) is -0.376. The van der Waals surface area contributed by atoms with Gasteiger partial charge in [0.1, 0.15) is 5.76 Å². The van der Waals surface area contributed by atoms with E-state index in [-0.39, 0.29) is 5.09 Å². The zero-order valence-corrected chi connectivity index (χ0v) is 8.17. The van der Waals surface area contributed by atoms with E-state index in [9.17, 15) is 8.42 Å². The Morgan fingerprint density at radius 3 is 2.62 bits per heavy atom. The minimum atomic E-state index is -4.17. The molecular weight excluding hydrogens is 192 g/mol. The molecule has 1 aromatic heterocycles. The van der Waals surface area contributed by atoms with Crippen LogP contribution in [0.4, 0.5) is 0 Å². The van der Waals surface area contributed by atoms with Crippen molar-refractivity contribution in [3.8, 4) is 0 Å². The van der Waals surface area contributed by atoms with Gasteiger partial charge in [0.15, 0.2) is 0 Å². The first kappa shape index (κ1) is 10.3. The Labute approximate surface area is 77.3 Å². The van der Waals surface area contributed by atoms with Crippen LogP contribution in [0, 0.1) is 0 Å². The minimum Gasteiger partial charge on any atom is -0.447 e. The standard InChI is InChI=1S/C8H12O4S/c1-2-3-4-7-5-6-8(12-7)13(9,10)11/h5-6H,2-4H2,1H3,(H,9,10,11). The van der Waals surface area contributed by atoms with Crippen LogP contribution in [-0.4, -0.2) is 13.0 Å². The second kappa shape index (κ2) is 3.93. The van der Waals surface area contributed by atoms with Crippen LogP contribution in [0.25, 0.3) is 0 Å². The van der Waals surface area contributed by atoms with Gasteiger partial charge in [0.05, 0.1) is 0 Å². The second-order valence-corrected chi connectivity index (χ2v) is 4.15. The summed E-state index contributed by atoms with van der Waals surface area (Å²) in [6, 6.07) is 2.83. The molecule has 1 N–H and O–H groups in total. The number of furan rings is 1. The first-order chi connectivity index (χ1) is 6.04. The van der Waals surface area contributed by atoms with E-state index >= 15 is 0 Å². The van der Waals surface area contributed by atoms with Gasteiger partial charge in [-0.15, -0.1) is 0 Å². The molecule has 0 unspecified atom stereocenters. The van der Waals surface area contributed by atoms with E-state index in [1.165, 1.54) is 6.07 Å². The summed E-state index contributed by atoms with van der Waals surface area (Å²) in [7, 11) is -4.17. The molecule has 0 fully saturated rings. The van der Waals surface area contributed by atoms with Gasteiger partial charge in [-0.1, -0.05) is 13.3 Å². The van der Waals surface area contributed by atoms with E-state index in [1.54, 1.807) is 6.07 Å². The lowest BCUT2D eigenvalue weighted by atomic mass is 10.2. The molecule has 0 spiro atoms. The lowest BCUT2D eigenvalue weighted by Gasteiger charge is -1.93. The van der Waals surface area contributed by atoms with Gasteiger partial charge < -0.3 is 4.42 Å². The van der Waals surface area contributed by atoms with Gasteiger partial charge in [-0.05, 0) is 18.6 Å². The molecule has 0 aliphatic carbocycles. The van der Waals surface area contributed by atoms with Crippen molar-refractivity contribution in [1.29, 1.82) is 0 Å². The highest BCUT2D eigenvalue weighted by atomic mass is 32.2. The Morgan fingerprint density at radius 2 is 2.15 bits per heavy atom. The fourth-order valence-corrected chi connectivity index (χ4v) is 1.43. The van der Waals surface area contributed by atoms with Gasteiger partial charge in [-0.25, -0.2) is 0 Å². The summed E-state index contributed by atoms with van der Waals surface area (Å²) in [5.74, 6) is 0.592. The maximum Gasteiger partial charge on any atom is 0.328 e. The molecular formula is C8H12O4S. The second-order valence-electron chi connectivity index (χ2n) is 2.80. The van der Waals surface area contributed by atoms with E-state index in [1.807, 2.05) is 6.92 Å². The molecule has 0 aliphatic heterocycles. The van der Waals surface area contributed by atoms with E-state index in [0.717, 1.165) is 12.8 Å². The monoisotopic (exact) mass is 204 g/mol. The number of unbranched alkanes of at least 4 members (excludes halogenated alkanes) is 1. The van der Waals surface area contributed by atoms with Crippen molar-refractivity contribution in [2.24, 2.45) is 0 Å². The number of hydrogen-bond acceptors (Lipinski definition) is 3. The zero-order chi connectivity index (χ0) is 9.90. The number of hydrogen-bond donors (Lipinski definition) is 1. The average Bonchev–Trinajstić information content (AvgIpc) is 2.47. The topological polar surface area (TPSA) is 67.5 Å². The predicted molar refractivity (Wildman–Crippen MR) is 47.1 cm³/mol. The lowest BCUT2D eigenvalue weighted by Crippen LogP contribution is -1.94. The van der Waals surface area contributed by atoms with Crippen LogP contribution in [0.1, 0.15) is 25.5 Å². The van der Waals surface area contributed by atoms with E-state index in [2.05, 4.69) is 0 Å². The molecule has 0 saturated carbocycles. The van der Waals surface area contributed by atoms with Crippen molar-refractivity contribution in [2.75, 3.05) is 0 Å². The molecule has 0 aromatic carbocycles. The highest BCUT2D eigenvalue weighted by Gasteiger charge is 2.14. The van der Waals surface area contributed by atoms with Crippen LogP contribution in [0.5, 0.6) is 0 Å². The summed E-state index contributed by atoms with van der Waals surface area (Å²) in [6.45, 7) is 2.03. The summed E-state index contributed by atoms with van der Waals surface area (Å²) in [6.07, 6.45) is 2.66. The van der Waals surface area contributed by atoms with Crippen LogP contribution in [0.15, 0.2) is 21.6 Å². The van der Waals surface area contributed by atoms with Crippen molar-refractivity contribution >= 4 is 10.1 Å². The van der Waals surface area contributed by atoms with Crippen molar-refractivity contribution < 1.29 is 17.4 Å². The Balaban J connectivity index is 2.76. The molecule has 0 amide bonds. The van der Waals surface area contributed by atoms with Crippen molar-refractivity contribution in [3.05, 3.63) is 17.9 Å². The highest BCUT2D eigenvalue weighted by Crippen LogP contribution is 2.14. The van der Waals surface area contributed by atoms with Gasteiger partial charge in [-0.3, -0.25) is 4.55 Å². The van der Waals surface area contributed by atoms with Crippen molar-refractivity contribution in [1.82, 2.24) is 0 Å². The molecule has 0 aliphatic rings. The summed E-state index contributed by atoms with van der Waals surface area (Å²) in [5.41, 5.74) is 0. The third-order valence-electron chi connectivity index (χ3n) is 1.67. The van der Waals surface area contributed by atoms with Crippen LogP contribution < -0.4 is 0 Å².